The molecular formula is C27H42N2O4. The van der Waals surface area contributed by atoms with E-state index in [1.807, 2.05) is 48.5 Å². The number of carbonyl (C=O) groups is 4. The van der Waals surface area contributed by atoms with Crippen molar-refractivity contribution in [3.05, 3.63) is 0 Å². The lowest BCUT2D eigenvalue weighted by Crippen LogP contribution is -2.43. The first-order chi connectivity index (χ1) is 15.3. The van der Waals surface area contributed by atoms with E-state index in [9.17, 15) is 19.2 Å². The molecule has 184 valence electrons. The predicted molar refractivity (Wildman–Crippen MR) is 132 cm³/mol. The summed E-state index contributed by atoms with van der Waals surface area (Å²) >= 11 is 0. The minimum atomic E-state index is -0.734. The van der Waals surface area contributed by atoms with E-state index in [0.717, 1.165) is 0 Å². The lowest BCUT2D eigenvalue weighted by Gasteiger charge is -2.35. The summed E-state index contributed by atoms with van der Waals surface area (Å²) in [6.07, 6.45) is 4.19. The molecule has 0 aliphatic heterocycles. The smallest absolute Gasteiger partial charge is 0.149 e. The maximum Gasteiger partial charge on any atom is 0.149 e. The Balaban J connectivity index is 2.29. The van der Waals surface area contributed by atoms with Crippen LogP contribution < -0.4 is 0 Å². The summed E-state index contributed by atoms with van der Waals surface area (Å²) in [5, 5.41) is 0. The number of aliphatic imine (C=N–C) groups is 2. The first-order valence-corrected chi connectivity index (χ1v) is 12.5. The molecule has 2 saturated carbocycles. The van der Waals surface area contributed by atoms with Gasteiger partial charge in [-0.2, -0.15) is 0 Å². The van der Waals surface area contributed by atoms with Crippen LogP contribution in [0.5, 0.6) is 0 Å². The molecule has 2 aliphatic carbocycles. The third-order valence-electron chi connectivity index (χ3n) is 6.52. The molecule has 2 aliphatic rings. The maximum absolute atomic E-state index is 12.8. The van der Waals surface area contributed by atoms with Crippen molar-refractivity contribution < 1.29 is 19.2 Å². The number of ketones is 4. The molecule has 0 amide bonds. The SMILES string of the molecule is CCCC(=O)C1C(=O)CC(C)(C)CC1=N[C@H](C)CN=C1CC(C)(C)CC(=O)[C@H]1C(=O)CCC. The second kappa shape index (κ2) is 11.0. The van der Waals surface area contributed by atoms with E-state index < -0.39 is 11.8 Å². The number of carbonyl (C=O) groups excluding carboxylic acids is 4. The van der Waals surface area contributed by atoms with E-state index in [4.69, 9.17) is 9.98 Å². The molecule has 0 heterocycles. The van der Waals surface area contributed by atoms with Gasteiger partial charge in [0.15, 0.2) is 0 Å². The molecule has 1 unspecified atom stereocenters. The minimum Gasteiger partial charge on any atom is -0.298 e. The van der Waals surface area contributed by atoms with E-state index >= 15 is 0 Å². The third kappa shape index (κ3) is 7.25. The van der Waals surface area contributed by atoms with Gasteiger partial charge in [0.25, 0.3) is 0 Å². The van der Waals surface area contributed by atoms with Crippen LogP contribution in [0.2, 0.25) is 0 Å². The highest BCUT2D eigenvalue weighted by Crippen LogP contribution is 2.37. The van der Waals surface area contributed by atoms with Crippen molar-refractivity contribution in [3.8, 4) is 0 Å². The lowest BCUT2D eigenvalue weighted by molar-refractivity contribution is -0.133. The van der Waals surface area contributed by atoms with Gasteiger partial charge in [0, 0.05) is 37.1 Å². The second-order valence-electron chi connectivity index (χ2n) is 11.6. The normalized spacial score (nSPS) is 28.2. The zero-order valence-electron chi connectivity index (χ0n) is 21.6. The van der Waals surface area contributed by atoms with Crippen molar-refractivity contribution in [1.29, 1.82) is 0 Å². The molecule has 6 nitrogen and oxygen atoms in total. The largest absolute Gasteiger partial charge is 0.298 e. The van der Waals surface area contributed by atoms with Crippen LogP contribution in [0, 0.1) is 22.7 Å². The highest BCUT2D eigenvalue weighted by Gasteiger charge is 2.42. The van der Waals surface area contributed by atoms with Gasteiger partial charge in [0.05, 0.1) is 12.6 Å². The zero-order chi connectivity index (χ0) is 25.0. The fourth-order valence-electron chi connectivity index (χ4n) is 5.18. The summed E-state index contributed by atoms with van der Waals surface area (Å²) < 4.78 is 0. The first kappa shape index (κ1) is 27.3. The molecule has 3 atom stereocenters. The van der Waals surface area contributed by atoms with Crippen molar-refractivity contribution in [1.82, 2.24) is 0 Å². The maximum atomic E-state index is 12.8. The third-order valence-corrected chi connectivity index (χ3v) is 6.52. The van der Waals surface area contributed by atoms with E-state index in [2.05, 4.69) is 0 Å². The summed E-state index contributed by atoms with van der Waals surface area (Å²) in [5.74, 6) is -1.62. The predicted octanol–water partition coefficient (Wildman–Crippen LogP) is 5.01. The quantitative estimate of drug-likeness (QED) is 0.454. The Kier molecular flexibility index (Phi) is 9.06. The molecule has 2 rings (SSSR count). The van der Waals surface area contributed by atoms with Gasteiger partial charge in [-0.3, -0.25) is 29.2 Å². The number of hydrogen-bond donors (Lipinski definition) is 0. The van der Waals surface area contributed by atoms with Crippen molar-refractivity contribution in [2.75, 3.05) is 6.54 Å². The highest BCUT2D eigenvalue weighted by molar-refractivity contribution is 6.23. The molecule has 0 N–H and O–H groups in total. The van der Waals surface area contributed by atoms with Gasteiger partial charge in [-0.15, -0.1) is 0 Å². The number of Topliss-reactive ketones (excluding diaryl/α,β-unsaturated/α-hetero) is 4. The topological polar surface area (TPSA) is 93.0 Å². The van der Waals surface area contributed by atoms with Crippen LogP contribution in [0.1, 0.15) is 99.8 Å². The van der Waals surface area contributed by atoms with Gasteiger partial charge < -0.3 is 0 Å². The minimum absolute atomic E-state index is 0.0349. The van der Waals surface area contributed by atoms with Gasteiger partial charge >= 0.3 is 0 Å². The second-order valence-corrected chi connectivity index (χ2v) is 11.6. The molecular weight excluding hydrogens is 416 g/mol. The molecule has 0 aromatic heterocycles. The van der Waals surface area contributed by atoms with Gasteiger partial charge in [0.2, 0.25) is 0 Å². The van der Waals surface area contributed by atoms with Gasteiger partial charge in [-0.25, -0.2) is 0 Å². The average molecular weight is 459 g/mol. The molecule has 33 heavy (non-hydrogen) atoms. The van der Waals surface area contributed by atoms with Crippen LogP contribution in [0.15, 0.2) is 9.98 Å². The number of rotatable bonds is 9. The Morgan fingerprint density at radius 1 is 0.818 bits per heavy atom. The standard InChI is InChI=1S/C27H42N2O4/c1-8-10-20(30)24-18(12-26(4,5)14-22(24)32)28-16-17(3)29-19-13-27(6,7)15-23(33)25(19)21(31)11-9-2/h17,24-25H,8-16H2,1-7H3/t17-,24-,25?/m1/s1. The summed E-state index contributed by atoms with van der Waals surface area (Å²) in [4.78, 5) is 60.5. The zero-order valence-corrected chi connectivity index (χ0v) is 21.6. The Morgan fingerprint density at radius 3 is 1.70 bits per heavy atom. The van der Waals surface area contributed by atoms with Crippen molar-refractivity contribution in [3.63, 3.8) is 0 Å². The van der Waals surface area contributed by atoms with Gasteiger partial charge in [0.1, 0.15) is 35.0 Å². The lowest BCUT2D eigenvalue weighted by atomic mass is 9.69. The van der Waals surface area contributed by atoms with Crippen LogP contribution in [-0.2, 0) is 19.2 Å². The monoisotopic (exact) mass is 458 g/mol. The molecule has 0 saturated heterocycles. The number of hydrogen-bond acceptors (Lipinski definition) is 6. The molecule has 2 fully saturated rings. The average Bonchev–Trinajstić information content (AvgIpc) is 2.64. The van der Waals surface area contributed by atoms with Crippen LogP contribution in [0.25, 0.3) is 0 Å². The van der Waals surface area contributed by atoms with Crippen molar-refractivity contribution in [2.24, 2.45) is 32.7 Å². The summed E-state index contributed by atoms with van der Waals surface area (Å²) in [7, 11) is 0. The molecule has 0 aromatic carbocycles. The first-order valence-electron chi connectivity index (χ1n) is 12.5. The fraction of sp³-hybridized carbons (Fsp3) is 0.778. The summed E-state index contributed by atoms with van der Waals surface area (Å²) in [5.41, 5.74) is 0.898. The fourth-order valence-corrected chi connectivity index (χ4v) is 5.18. The molecule has 0 radical (unpaired) electrons. The van der Waals surface area contributed by atoms with Gasteiger partial charge in [-0.05, 0) is 43.4 Å². The van der Waals surface area contributed by atoms with E-state index in [-0.39, 0.29) is 40.0 Å². The molecule has 0 aromatic rings. The molecule has 0 bridgehead atoms. The number of nitrogens with zero attached hydrogens (tertiary/aromatic N) is 2. The van der Waals surface area contributed by atoms with E-state index in [1.165, 1.54) is 0 Å². The molecule has 0 spiro atoms. The Bertz CT molecular complexity index is 850. The van der Waals surface area contributed by atoms with E-state index in [0.29, 0.717) is 69.3 Å². The van der Waals surface area contributed by atoms with Crippen LogP contribution >= 0.6 is 0 Å². The summed E-state index contributed by atoms with van der Waals surface area (Å²) in [6, 6.07) is -0.242. The Labute approximate surface area is 199 Å². The van der Waals surface area contributed by atoms with Gasteiger partial charge in [-0.1, -0.05) is 41.5 Å². The Hall–Kier alpha value is -1.98. The van der Waals surface area contributed by atoms with E-state index in [1.54, 1.807) is 0 Å². The van der Waals surface area contributed by atoms with Crippen molar-refractivity contribution in [2.45, 2.75) is 106 Å². The Morgan fingerprint density at radius 2 is 1.24 bits per heavy atom. The summed E-state index contributed by atoms with van der Waals surface area (Å²) in [6.45, 7) is 14.3. The molecule has 6 heteroatoms. The highest BCUT2D eigenvalue weighted by atomic mass is 16.2. The van der Waals surface area contributed by atoms with Crippen molar-refractivity contribution >= 4 is 34.6 Å². The van der Waals surface area contributed by atoms with Crippen LogP contribution in [0.4, 0.5) is 0 Å². The van der Waals surface area contributed by atoms with Crippen LogP contribution in [0.3, 0.4) is 0 Å². The van der Waals surface area contributed by atoms with Crippen LogP contribution in [-0.4, -0.2) is 47.1 Å².